The van der Waals surface area contributed by atoms with Gasteiger partial charge in [0.1, 0.15) is 5.82 Å². The zero-order valence-electron chi connectivity index (χ0n) is 15.1. The van der Waals surface area contributed by atoms with Gasteiger partial charge in [0.15, 0.2) is 0 Å². The summed E-state index contributed by atoms with van der Waals surface area (Å²) in [7, 11) is -3.63. The van der Waals surface area contributed by atoms with E-state index in [-0.39, 0.29) is 41.7 Å². The number of sulfonamides is 1. The lowest BCUT2D eigenvalue weighted by molar-refractivity contribution is 0.0693. The van der Waals surface area contributed by atoms with Crippen LogP contribution in [0.4, 0.5) is 4.39 Å². The number of benzene rings is 2. The van der Waals surface area contributed by atoms with Gasteiger partial charge in [-0.3, -0.25) is 4.79 Å². The highest BCUT2D eigenvalue weighted by Gasteiger charge is 2.31. The topological polar surface area (TPSA) is 57.7 Å². The molecule has 1 fully saturated rings. The second-order valence-electron chi connectivity index (χ2n) is 6.59. The summed E-state index contributed by atoms with van der Waals surface area (Å²) in [6.45, 7) is 4.40. The lowest BCUT2D eigenvalue weighted by Crippen LogP contribution is -2.50. The molecular formula is C19H20ClFN2O3S. The van der Waals surface area contributed by atoms with Crippen LogP contribution in [-0.2, 0) is 10.0 Å². The van der Waals surface area contributed by atoms with Crippen LogP contribution in [0.1, 0.15) is 21.5 Å². The third-order valence-corrected chi connectivity index (χ3v) is 6.93. The summed E-state index contributed by atoms with van der Waals surface area (Å²) in [6, 6.07) is 9.10. The van der Waals surface area contributed by atoms with Gasteiger partial charge in [0.25, 0.3) is 5.91 Å². The Morgan fingerprint density at radius 2 is 1.70 bits per heavy atom. The van der Waals surface area contributed by atoms with Crippen LogP contribution in [0.2, 0.25) is 5.02 Å². The molecule has 0 unspecified atom stereocenters. The lowest BCUT2D eigenvalue weighted by Gasteiger charge is -2.34. The Labute approximate surface area is 163 Å². The minimum absolute atomic E-state index is 0.0647. The second-order valence-corrected chi connectivity index (χ2v) is 8.93. The van der Waals surface area contributed by atoms with E-state index in [1.165, 1.54) is 21.3 Å². The van der Waals surface area contributed by atoms with Crippen molar-refractivity contribution >= 4 is 27.5 Å². The van der Waals surface area contributed by atoms with Crippen LogP contribution < -0.4 is 0 Å². The molecular weight excluding hydrogens is 391 g/mol. The lowest BCUT2D eigenvalue weighted by atomic mass is 10.1. The highest BCUT2D eigenvalue weighted by Crippen LogP contribution is 2.23. The van der Waals surface area contributed by atoms with Gasteiger partial charge in [-0.2, -0.15) is 4.31 Å². The summed E-state index contributed by atoms with van der Waals surface area (Å²) in [5.74, 6) is -1.15. The molecule has 27 heavy (non-hydrogen) atoms. The minimum Gasteiger partial charge on any atom is -0.336 e. The summed E-state index contributed by atoms with van der Waals surface area (Å²) >= 11 is 5.72. The number of hydrogen-bond acceptors (Lipinski definition) is 3. The standard InChI is InChI=1S/C19H20ClFN2O3S/c1-13-3-6-18(14(2)11-13)27(25,26)23-9-7-22(8-10-23)19(24)16-5-4-15(20)12-17(16)21/h3-6,11-12H,7-10H2,1-2H3. The molecule has 2 aromatic rings. The third-order valence-electron chi connectivity index (χ3n) is 4.64. The zero-order chi connectivity index (χ0) is 19.8. The van der Waals surface area contributed by atoms with Crippen molar-refractivity contribution in [3.63, 3.8) is 0 Å². The Bertz CT molecular complexity index is 986. The smallest absolute Gasteiger partial charge is 0.256 e. The molecule has 2 aromatic carbocycles. The van der Waals surface area contributed by atoms with Crippen molar-refractivity contribution in [2.75, 3.05) is 26.2 Å². The van der Waals surface area contributed by atoms with E-state index in [4.69, 9.17) is 11.6 Å². The fourth-order valence-corrected chi connectivity index (χ4v) is 4.98. The molecule has 3 rings (SSSR count). The Hall–Kier alpha value is -1.96. The van der Waals surface area contributed by atoms with Crippen LogP contribution in [-0.4, -0.2) is 49.7 Å². The van der Waals surface area contributed by atoms with E-state index in [1.807, 2.05) is 13.0 Å². The quantitative estimate of drug-likeness (QED) is 0.780. The summed E-state index contributed by atoms with van der Waals surface area (Å²) in [5.41, 5.74) is 1.62. The fraction of sp³-hybridized carbons (Fsp3) is 0.316. The molecule has 1 saturated heterocycles. The predicted molar refractivity (Wildman–Crippen MR) is 102 cm³/mol. The van der Waals surface area contributed by atoms with Crippen molar-refractivity contribution in [1.29, 1.82) is 0 Å². The Morgan fingerprint density at radius 3 is 2.30 bits per heavy atom. The van der Waals surface area contributed by atoms with Crippen LogP contribution in [0.25, 0.3) is 0 Å². The first kappa shape index (κ1) is 19.8. The second kappa shape index (κ2) is 7.58. The molecule has 8 heteroatoms. The van der Waals surface area contributed by atoms with E-state index in [0.29, 0.717) is 5.56 Å². The van der Waals surface area contributed by atoms with E-state index in [0.717, 1.165) is 11.6 Å². The van der Waals surface area contributed by atoms with Gasteiger partial charge in [-0.1, -0.05) is 29.3 Å². The molecule has 5 nitrogen and oxygen atoms in total. The summed E-state index contributed by atoms with van der Waals surface area (Å²) in [5, 5.41) is 0.216. The van der Waals surface area contributed by atoms with E-state index < -0.39 is 21.7 Å². The SMILES string of the molecule is Cc1ccc(S(=O)(=O)N2CCN(C(=O)c3ccc(Cl)cc3F)CC2)c(C)c1. The highest BCUT2D eigenvalue weighted by atomic mass is 35.5. The maximum atomic E-state index is 14.0. The maximum absolute atomic E-state index is 14.0. The van der Waals surface area contributed by atoms with Crippen LogP contribution in [0.5, 0.6) is 0 Å². The molecule has 0 spiro atoms. The molecule has 0 aliphatic carbocycles. The van der Waals surface area contributed by atoms with Gasteiger partial charge in [-0.15, -0.1) is 0 Å². The molecule has 144 valence electrons. The van der Waals surface area contributed by atoms with Gasteiger partial charge >= 0.3 is 0 Å². The van der Waals surface area contributed by atoms with Crippen molar-refractivity contribution in [1.82, 2.24) is 9.21 Å². The average Bonchev–Trinajstić information content (AvgIpc) is 2.61. The average molecular weight is 411 g/mol. The zero-order valence-corrected chi connectivity index (χ0v) is 16.6. The summed E-state index contributed by atoms with van der Waals surface area (Å²) < 4.78 is 41.2. The first-order valence-electron chi connectivity index (χ1n) is 8.52. The summed E-state index contributed by atoms with van der Waals surface area (Å²) in [6.07, 6.45) is 0. The van der Waals surface area contributed by atoms with Gasteiger partial charge in [0, 0.05) is 31.2 Å². The molecule has 1 aliphatic heterocycles. The van der Waals surface area contributed by atoms with Gasteiger partial charge in [0.2, 0.25) is 10.0 Å². The van der Waals surface area contributed by atoms with Crippen LogP contribution in [0.15, 0.2) is 41.3 Å². The summed E-state index contributed by atoms with van der Waals surface area (Å²) in [4.78, 5) is 14.3. The largest absolute Gasteiger partial charge is 0.336 e. The first-order valence-corrected chi connectivity index (χ1v) is 10.3. The number of aryl methyl sites for hydroxylation is 2. The van der Waals surface area contributed by atoms with Gasteiger partial charge in [-0.25, -0.2) is 12.8 Å². The van der Waals surface area contributed by atoms with E-state index >= 15 is 0 Å². The monoisotopic (exact) mass is 410 g/mol. The molecule has 1 heterocycles. The molecule has 0 atom stereocenters. The van der Waals surface area contributed by atoms with Gasteiger partial charge in [0.05, 0.1) is 10.5 Å². The van der Waals surface area contributed by atoms with Crippen molar-refractivity contribution in [3.8, 4) is 0 Å². The van der Waals surface area contributed by atoms with E-state index in [2.05, 4.69) is 0 Å². The van der Waals surface area contributed by atoms with Crippen LogP contribution in [0, 0.1) is 19.7 Å². The van der Waals surface area contributed by atoms with Gasteiger partial charge < -0.3 is 4.90 Å². The number of rotatable bonds is 3. The molecule has 0 bridgehead atoms. The molecule has 0 aromatic heterocycles. The molecule has 1 amide bonds. The molecule has 0 saturated carbocycles. The number of hydrogen-bond donors (Lipinski definition) is 0. The number of nitrogens with zero attached hydrogens (tertiary/aromatic N) is 2. The Morgan fingerprint density at radius 1 is 1.04 bits per heavy atom. The third kappa shape index (κ3) is 4.00. The number of piperazine rings is 1. The van der Waals surface area contributed by atoms with Crippen molar-refractivity contribution < 1.29 is 17.6 Å². The van der Waals surface area contributed by atoms with Crippen molar-refractivity contribution in [3.05, 3.63) is 63.9 Å². The van der Waals surface area contributed by atoms with Crippen molar-refractivity contribution in [2.45, 2.75) is 18.7 Å². The van der Waals surface area contributed by atoms with Crippen molar-refractivity contribution in [2.24, 2.45) is 0 Å². The predicted octanol–water partition coefficient (Wildman–Crippen LogP) is 3.24. The number of carbonyl (C=O) groups excluding carboxylic acids is 1. The Kier molecular flexibility index (Phi) is 5.55. The normalized spacial score (nSPS) is 15.8. The number of halogens is 2. The highest BCUT2D eigenvalue weighted by molar-refractivity contribution is 7.89. The molecule has 1 aliphatic rings. The number of amides is 1. The maximum Gasteiger partial charge on any atom is 0.256 e. The van der Waals surface area contributed by atoms with Gasteiger partial charge in [-0.05, 0) is 43.7 Å². The minimum atomic E-state index is -3.63. The van der Waals surface area contributed by atoms with Crippen LogP contribution >= 0.6 is 11.6 Å². The first-order chi connectivity index (χ1) is 12.7. The fourth-order valence-electron chi connectivity index (χ4n) is 3.19. The Balaban J connectivity index is 1.74. The van der Waals surface area contributed by atoms with E-state index in [1.54, 1.807) is 19.1 Å². The molecule has 0 N–H and O–H groups in total. The van der Waals surface area contributed by atoms with Crippen LogP contribution in [0.3, 0.4) is 0 Å². The molecule has 0 radical (unpaired) electrons. The van der Waals surface area contributed by atoms with E-state index in [9.17, 15) is 17.6 Å². The number of carbonyl (C=O) groups is 1.